The lowest BCUT2D eigenvalue weighted by atomic mass is 10.2. The summed E-state index contributed by atoms with van der Waals surface area (Å²) in [6.45, 7) is 2.69. The van der Waals surface area contributed by atoms with E-state index in [0.29, 0.717) is 6.54 Å². The quantitative estimate of drug-likeness (QED) is 0.873. The van der Waals surface area contributed by atoms with Gasteiger partial charge < -0.3 is 10.1 Å². The summed E-state index contributed by atoms with van der Waals surface area (Å²) in [6, 6.07) is 13.9. The van der Waals surface area contributed by atoms with Crippen LogP contribution in [0.2, 0.25) is 0 Å². The van der Waals surface area contributed by atoms with Crippen molar-refractivity contribution in [1.29, 1.82) is 0 Å². The summed E-state index contributed by atoms with van der Waals surface area (Å²) in [5.74, 6) is 0.847. The molecule has 3 heteroatoms. The minimum Gasteiger partial charge on any atom is -0.495 e. The number of benzene rings is 1. The summed E-state index contributed by atoms with van der Waals surface area (Å²) in [4.78, 5) is 4.44. The number of aromatic nitrogens is 1. The van der Waals surface area contributed by atoms with Gasteiger partial charge in [-0.3, -0.25) is 4.98 Å². The van der Waals surface area contributed by atoms with Crippen molar-refractivity contribution in [3.05, 3.63) is 53.9 Å². The number of methoxy groups -OCH3 is 1. The zero-order valence-electron chi connectivity index (χ0n) is 10.1. The number of hydrogen-bond donors (Lipinski definition) is 1. The second kappa shape index (κ2) is 5.34. The minimum atomic E-state index is 0.696. The molecule has 2 rings (SSSR count). The maximum Gasteiger partial charge on any atom is 0.141 e. The van der Waals surface area contributed by atoms with Crippen LogP contribution in [-0.2, 0) is 6.54 Å². The molecule has 17 heavy (non-hydrogen) atoms. The van der Waals surface area contributed by atoms with Crippen molar-refractivity contribution < 1.29 is 4.74 Å². The highest BCUT2D eigenvalue weighted by Crippen LogP contribution is 2.23. The topological polar surface area (TPSA) is 34.1 Å². The minimum absolute atomic E-state index is 0.696. The SMILES string of the molecule is COc1ccccc1NCc1cccc(C)n1. The van der Waals surface area contributed by atoms with Gasteiger partial charge in [0.25, 0.3) is 0 Å². The van der Waals surface area contributed by atoms with Crippen LogP contribution in [0.15, 0.2) is 42.5 Å². The lowest BCUT2D eigenvalue weighted by Gasteiger charge is -2.10. The lowest BCUT2D eigenvalue weighted by Crippen LogP contribution is -2.03. The highest BCUT2D eigenvalue weighted by molar-refractivity contribution is 5.56. The number of para-hydroxylation sites is 2. The molecule has 2 aromatic rings. The van der Waals surface area contributed by atoms with Gasteiger partial charge in [-0.05, 0) is 31.2 Å². The molecule has 1 heterocycles. The van der Waals surface area contributed by atoms with Crippen LogP contribution in [0.4, 0.5) is 5.69 Å². The van der Waals surface area contributed by atoms with Gasteiger partial charge in [-0.25, -0.2) is 0 Å². The predicted molar refractivity (Wildman–Crippen MR) is 69.3 cm³/mol. The first-order chi connectivity index (χ1) is 8.29. The molecule has 1 N–H and O–H groups in total. The van der Waals surface area contributed by atoms with Crippen LogP contribution in [0.3, 0.4) is 0 Å². The first kappa shape index (κ1) is 11.5. The molecule has 3 nitrogen and oxygen atoms in total. The van der Waals surface area contributed by atoms with Gasteiger partial charge >= 0.3 is 0 Å². The first-order valence-corrected chi connectivity index (χ1v) is 5.59. The molecule has 0 fully saturated rings. The van der Waals surface area contributed by atoms with Crippen molar-refractivity contribution in [2.45, 2.75) is 13.5 Å². The molecule has 0 amide bonds. The van der Waals surface area contributed by atoms with Gasteiger partial charge in [-0.2, -0.15) is 0 Å². The van der Waals surface area contributed by atoms with Gasteiger partial charge in [-0.1, -0.05) is 18.2 Å². The Kier molecular flexibility index (Phi) is 3.60. The van der Waals surface area contributed by atoms with E-state index in [4.69, 9.17) is 4.74 Å². The molecular formula is C14H16N2O. The van der Waals surface area contributed by atoms with Crippen molar-refractivity contribution in [2.75, 3.05) is 12.4 Å². The Morgan fingerprint density at radius 1 is 1.12 bits per heavy atom. The summed E-state index contributed by atoms with van der Waals surface area (Å²) in [7, 11) is 1.67. The van der Waals surface area contributed by atoms with Crippen LogP contribution in [0.25, 0.3) is 0 Å². The van der Waals surface area contributed by atoms with E-state index in [2.05, 4.69) is 10.3 Å². The number of hydrogen-bond acceptors (Lipinski definition) is 3. The highest BCUT2D eigenvalue weighted by atomic mass is 16.5. The van der Waals surface area contributed by atoms with E-state index in [9.17, 15) is 0 Å². The zero-order valence-corrected chi connectivity index (χ0v) is 10.1. The van der Waals surface area contributed by atoms with E-state index in [1.807, 2.05) is 49.4 Å². The largest absolute Gasteiger partial charge is 0.495 e. The van der Waals surface area contributed by atoms with E-state index in [1.165, 1.54) is 0 Å². The van der Waals surface area contributed by atoms with Crippen molar-refractivity contribution in [3.63, 3.8) is 0 Å². The second-order valence-corrected chi connectivity index (χ2v) is 3.82. The summed E-state index contributed by atoms with van der Waals surface area (Å²) >= 11 is 0. The van der Waals surface area contributed by atoms with Gasteiger partial charge in [0.1, 0.15) is 5.75 Å². The van der Waals surface area contributed by atoms with Crippen molar-refractivity contribution in [3.8, 4) is 5.75 Å². The highest BCUT2D eigenvalue weighted by Gasteiger charge is 2.01. The molecule has 0 radical (unpaired) electrons. The summed E-state index contributed by atoms with van der Waals surface area (Å²) in [5, 5.41) is 3.32. The molecule has 88 valence electrons. The Hall–Kier alpha value is -2.03. The average Bonchev–Trinajstić information content (AvgIpc) is 2.37. The van der Waals surface area contributed by atoms with Crippen LogP contribution in [0, 0.1) is 6.92 Å². The van der Waals surface area contributed by atoms with Gasteiger partial charge in [0.2, 0.25) is 0 Å². The lowest BCUT2D eigenvalue weighted by molar-refractivity contribution is 0.416. The normalized spacial score (nSPS) is 10.0. The van der Waals surface area contributed by atoms with Crippen LogP contribution < -0.4 is 10.1 Å². The third-order valence-corrected chi connectivity index (χ3v) is 2.51. The molecule has 0 aliphatic rings. The zero-order chi connectivity index (χ0) is 12.1. The third-order valence-electron chi connectivity index (χ3n) is 2.51. The van der Waals surface area contributed by atoms with E-state index in [-0.39, 0.29) is 0 Å². The molecule has 1 aromatic heterocycles. The van der Waals surface area contributed by atoms with Gasteiger partial charge in [0.15, 0.2) is 0 Å². The van der Waals surface area contributed by atoms with E-state index in [1.54, 1.807) is 7.11 Å². The van der Waals surface area contributed by atoms with Crippen LogP contribution >= 0.6 is 0 Å². The Bertz CT molecular complexity index is 497. The van der Waals surface area contributed by atoms with E-state index in [0.717, 1.165) is 22.8 Å². The molecule has 0 unspecified atom stereocenters. The fourth-order valence-electron chi connectivity index (χ4n) is 1.67. The number of ether oxygens (including phenoxy) is 1. The van der Waals surface area contributed by atoms with Crippen LogP contribution in [0.5, 0.6) is 5.75 Å². The molecule has 0 saturated carbocycles. The Labute approximate surface area is 101 Å². The standard InChI is InChI=1S/C14H16N2O/c1-11-6-5-7-12(16-11)10-15-13-8-3-4-9-14(13)17-2/h3-9,15H,10H2,1-2H3. The van der Waals surface area contributed by atoms with Crippen molar-refractivity contribution in [1.82, 2.24) is 4.98 Å². The van der Waals surface area contributed by atoms with E-state index < -0.39 is 0 Å². The number of nitrogens with zero attached hydrogens (tertiary/aromatic N) is 1. The molecule has 0 aliphatic carbocycles. The van der Waals surface area contributed by atoms with Gasteiger partial charge in [0.05, 0.1) is 25.0 Å². The Morgan fingerprint density at radius 2 is 1.94 bits per heavy atom. The summed E-state index contributed by atoms with van der Waals surface area (Å²) < 4.78 is 5.27. The van der Waals surface area contributed by atoms with E-state index >= 15 is 0 Å². The molecular weight excluding hydrogens is 212 g/mol. The van der Waals surface area contributed by atoms with Gasteiger partial charge in [0, 0.05) is 5.69 Å². The Balaban J connectivity index is 2.07. The number of anilines is 1. The van der Waals surface area contributed by atoms with Crippen LogP contribution in [0.1, 0.15) is 11.4 Å². The Morgan fingerprint density at radius 3 is 2.71 bits per heavy atom. The fraction of sp³-hybridized carbons (Fsp3) is 0.214. The maximum atomic E-state index is 5.27. The molecule has 0 spiro atoms. The number of pyridine rings is 1. The second-order valence-electron chi connectivity index (χ2n) is 3.82. The van der Waals surface area contributed by atoms with Crippen LogP contribution in [-0.4, -0.2) is 12.1 Å². The molecule has 1 aromatic carbocycles. The van der Waals surface area contributed by atoms with Crippen molar-refractivity contribution >= 4 is 5.69 Å². The first-order valence-electron chi connectivity index (χ1n) is 5.59. The summed E-state index contributed by atoms with van der Waals surface area (Å²) in [6.07, 6.45) is 0. The maximum absolute atomic E-state index is 5.27. The molecule has 0 saturated heterocycles. The number of aryl methyl sites for hydroxylation is 1. The van der Waals surface area contributed by atoms with Crippen molar-refractivity contribution in [2.24, 2.45) is 0 Å². The molecule has 0 bridgehead atoms. The average molecular weight is 228 g/mol. The predicted octanol–water partition coefficient (Wildman–Crippen LogP) is 3.01. The third kappa shape index (κ3) is 2.97. The molecule has 0 atom stereocenters. The monoisotopic (exact) mass is 228 g/mol. The molecule has 0 aliphatic heterocycles. The summed E-state index contributed by atoms with van der Waals surface area (Å²) in [5.41, 5.74) is 3.04. The van der Waals surface area contributed by atoms with Gasteiger partial charge in [-0.15, -0.1) is 0 Å². The number of rotatable bonds is 4. The fourth-order valence-corrected chi connectivity index (χ4v) is 1.67. The smallest absolute Gasteiger partial charge is 0.141 e. The number of nitrogens with one attached hydrogen (secondary N) is 1.